The molecule has 0 heterocycles. The molecule has 0 amide bonds. The van der Waals surface area contributed by atoms with Crippen molar-refractivity contribution in [1.82, 2.24) is 0 Å². The third-order valence-electron chi connectivity index (χ3n) is 14.3. The minimum atomic E-state index is -4.39. The molecule has 0 aliphatic heterocycles. The molecule has 0 aromatic rings. The van der Waals surface area contributed by atoms with Crippen molar-refractivity contribution < 1.29 is 37.6 Å². The molecule has 2 atom stereocenters. The zero-order valence-corrected chi connectivity index (χ0v) is 49.3. The molecule has 0 saturated carbocycles. The number of ether oxygens (including phenoxy) is 2. The number of nitrogens with two attached hydrogens (primary N) is 1. The van der Waals surface area contributed by atoms with Crippen LogP contribution in [0.25, 0.3) is 0 Å². The number of hydrogen-bond acceptors (Lipinski definition) is 8. The van der Waals surface area contributed by atoms with Gasteiger partial charge in [0.15, 0.2) is 6.10 Å². The number of rotatable bonds is 61. The van der Waals surface area contributed by atoms with Gasteiger partial charge in [0.2, 0.25) is 0 Å². The summed E-state index contributed by atoms with van der Waals surface area (Å²) < 4.78 is 33.0. The molecule has 0 rings (SSSR count). The van der Waals surface area contributed by atoms with Gasteiger partial charge in [0.1, 0.15) is 6.61 Å². The van der Waals surface area contributed by atoms with Crippen molar-refractivity contribution in [3.8, 4) is 0 Å². The third-order valence-corrected chi connectivity index (χ3v) is 15.3. The van der Waals surface area contributed by atoms with Crippen molar-refractivity contribution in [2.75, 3.05) is 26.4 Å². The molecule has 0 fully saturated rings. The molecule has 3 N–H and O–H groups in total. The molecule has 432 valence electrons. The van der Waals surface area contributed by atoms with Gasteiger partial charge in [-0.2, -0.15) is 0 Å². The van der Waals surface area contributed by atoms with E-state index in [2.05, 4.69) is 38.2 Å². The van der Waals surface area contributed by atoms with Gasteiger partial charge < -0.3 is 20.1 Å². The van der Waals surface area contributed by atoms with Crippen LogP contribution in [-0.4, -0.2) is 49.3 Å². The highest BCUT2D eigenvalue weighted by Gasteiger charge is 2.26. The van der Waals surface area contributed by atoms with Crippen molar-refractivity contribution in [1.29, 1.82) is 0 Å². The number of esters is 2. The van der Waals surface area contributed by atoms with Gasteiger partial charge in [-0.1, -0.05) is 301 Å². The number of carbonyl (C=O) groups excluding carboxylic acids is 2. The molecule has 0 radical (unpaired) electrons. The molecule has 73 heavy (non-hydrogen) atoms. The Morgan fingerprint density at radius 3 is 1.07 bits per heavy atom. The van der Waals surface area contributed by atoms with Gasteiger partial charge >= 0.3 is 19.8 Å². The summed E-state index contributed by atoms with van der Waals surface area (Å²) in [6, 6.07) is 0. The lowest BCUT2D eigenvalue weighted by molar-refractivity contribution is -0.161. The Morgan fingerprint density at radius 2 is 0.712 bits per heavy atom. The summed E-state index contributed by atoms with van der Waals surface area (Å²) in [5.41, 5.74) is 5.38. The second kappa shape index (κ2) is 59.7. The molecule has 0 aliphatic rings. The number of allylic oxidation sites excluding steroid dienone is 4. The predicted molar refractivity (Wildman–Crippen MR) is 312 cm³/mol. The molecule has 10 heteroatoms. The summed E-state index contributed by atoms with van der Waals surface area (Å²) in [5, 5.41) is 0. The first-order valence-corrected chi connectivity index (χ1v) is 33.3. The first kappa shape index (κ1) is 71.5. The lowest BCUT2D eigenvalue weighted by Gasteiger charge is -2.19. The van der Waals surface area contributed by atoms with Crippen LogP contribution < -0.4 is 5.73 Å². The first-order chi connectivity index (χ1) is 35.8. The van der Waals surface area contributed by atoms with Crippen LogP contribution in [0.1, 0.15) is 335 Å². The first-order valence-electron chi connectivity index (χ1n) is 31.8. The maximum atomic E-state index is 12.7. The monoisotopic (exact) mass is 1050 g/mol. The van der Waals surface area contributed by atoms with Crippen LogP contribution in [-0.2, 0) is 32.7 Å². The van der Waals surface area contributed by atoms with E-state index in [1.807, 2.05) is 0 Å². The smallest absolute Gasteiger partial charge is 0.462 e. The SMILES string of the molecule is CCCCC/C=C\C/C=C\CCCCCCCCCC(=O)OC(COC(=O)CCCCCCCCCCCCCCCCCCCCCCCCCCCCCCCCCCCCC)COP(=O)(O)OCCN. The average molecular weight is 1050 g/mol. The average Bonchev–Trinajstić information content (AvgIpc) is 3.38. The minimum Gasteiger partial charge on any atom is -0.462 e. The minimum absolute atomic E-state index is 0.0540. The lowest BCUT2D eigenvalue weighted by atomic mass is 10.0. The summed E-state index contributed by atoms with van der Waals surface area (Å²) in [5.74, 6) is -0.820. The van der Waals surface area contributed by atoms with E-state index in [0.717, 1.165) is 51.4 Å². The fraction of sp³-hybridized carbons (Fsp3) is 0.905. The van der Waals surface area contributed by atoms with E-state index in [4.69, 9.17) is 24.3 Å². The molecule has 0 saturated heterocycles. The second-order valence-electron chi connectivity index (χ2n) is 21.6. The van der Waals surface area contributed by atoms with Crippen molar-refractivity contribution in [3.05, 3.63) is 24.3 Å². The van der Waals surface area contributed by atoms with E-state index in [-0.39, 0.29) is 38.6 Å². The highest BCUT2D eigenvalue weighted by molar-refractivity contribution is 7.47. The highest BCUT2D eigenvalue weighted by Crippen LogP contribution is 2.43. The lowest BCUT2D eigenvalue weighted by Crippen LogP contribution is -2.29. The summed E-state index contributed by atoms with van der Waals surface area (Å²) in [6.07, 6.45) is 71.3. The summed E-state index contributed by atoms with van der Waals surface area (Å²) in [6.45, 7) is 3.77. The van der Waals surface area contributed by atoms with Gasteiger partial charge in [0, 0.05) is 19.4 Å². The Hall–Kier alpha value is -1.51. The molecule has 9 nitrogen and oxygen atoms in total. The van der Waals surface area contributed by atoms with Gasteiger partial charge in [-0.25, -0.2) is 4.57 Å². The van der Waals surface area contributed by atoms with Crippen LogP contribution in [0.2, 0.25) is 0 Å². The number of phosphoric acid groups is 1. The van der Waals surface area contributed by atoms with Gasteiger partial charge in [-0.05, 0) is 44.9 Å². The van der Waals surface area contributed by atoms with Gasteiger partial charge in [-0.15, -0.1) is 0 Å². The van der Waals surface area contributed by atoms with Gasteiger partial charge in [0.05, 0.1) is 13.2 Å². The molecular weight excluding hydrogens is 930 g/mol. The van der Waals surface area contributed by atoms with Crippen LogP contribution in [0.5, 0.6) is 0 Å². The van der Waals surface area contributed by atoms with Crippen LogP contribution in [0.4, 0.5) is 0 Å². The summed E-state index contributed by atoms with van der Waals surface area (Å²) in [4.78, 5) is 35.2. The Morgan fingerprint density at radius 1 is 0.411 bits per heavy atom. The van der Waals surface area contributed by atoms with Gasteiger partial charge in [-0.3, -0.25) is 18.6 Å². The van der Waals surface area contributed by atoms with E-state index < -0.39 is 26.5 Å². The summed E-state index contributed by atoms with van der Waals surface area (Å²) >= 11 is 0. The topological polar surface area (TPSA) is 134 Å². The Kier molecular flexibility index (Phi) is 58.5. The maximum Gasteiger partial charge on any atom is 0.472 e. The standard InChI is InChI=1S/C63H122NO8P/c1-3-5-7-9-11-13-15-17-19-21-22-23-24-25-26-27-28-29-30-31-32-33-34-35-36-37-38-40-41-43-45-47-49-51-53-55-62(65)69-59-61(60-71-73(67,68)70-58-57-64)72-63(66)56-54-52-50-48-46-44-42-39-20-18-16-14-12-10-8-6-4-2/h12,14,18,20,61H,3-11,13,15-17,19,21-60,64H2,1-2H3,(H,67,68)/b14-12-,20-18-. The molecule has 0 aliphatic carbocycles. The molecular formula is C63H122NO8P. The van der Waals surface area contributed by atoms with E-state index in [1.54, 1.807) is 0 Å². The number of unbranched alkanes of at least 4 members (excludes halogenated alkanes) is 44. The Labute approximate surface area is 452 Å². The molecule has 0 aromatic heterocycles. The van der Waals surface area contributed by atoms with Crippen molar-refractivity contribution in [2.24, 2.45) is 5.73 Å². The zero-order chi connectivity index (χ0) is 53.1. The van der Waals surface area contributed by atoms with Crippen LogP contribution in [0.15, 0.2) is 24.3 Å². The molecule has 0 aromatic carbocycles. The van der Waals surface area contributed by atoms with E-state index in [0.29, 0.717) is 6.42 Å². The molecule has 0 bridgehead atoms. The van der Waals surface area contributed by atoms with Crippen molar-refractivity contribution in [3.63, 3.8) is 0 Å². The van der Waals surface area contributed by atoms with Crippen LogP contribution >= 0.6 is 7.82 Å². The largest absolute Gasteiger partial charge is 0.472 e. The Balaban J connectivity index is 3.77. The number of hydrogen-bond donors (Lipinski definition) is 2. The highest BCUT2D eigenvalue weighted by atomic mass is 31.2. The van der Waals surface area contributed by atoms with Crippen molar-refractivity contribution in [2.45, 2.75) is 341 Å². The Bertz CT molecular complexity index is 1250. The molecule has 0 spiro atoms. The van der Waals surface area contributed by atoms with E-state index in [9.17, 15) is 19.0 Å². The quantitative estimate of drug-likeness (QED) is 0.0264. The van der Waals surface area contributed by atoms with E-state index >= 15 is 0 Å². The summed E-state index contributed by atoms with van der Waals surface area (Å²) in [7, 11) is -4.39. The number of phosphoric ester groups is 1. The third kappa shape index (κ3) is 59.6. The normalized spacial score (nSPS) is 13.1. The molecule has 2 unspecified atom stereocenters. The van der Waals surface area contributed by atoms with Crippen LogP contribution in [0.3, 0.4) is 0 Å². The maximum absolute atomic E-state index is 12.7. The van der Waals surface area contributed by atoms with Gasteiger partial charge in [0.25, 0.3) is 0 Å². The zero-order valence-electron chi connectivity index (χ0n) is 48.4. The second-order valence-corrected chi connectivity index (χ2v) is 23.1. The fourth-order valence-corrected chi connectivity index (χ4v) is 10.4. The van der Waals surface area contributed by atoms with Crippen LogP contribution in [0, 0.1) is 0 Å². The predicted octanol–water partition coefficient (Wildman–Crippen LogP) is 20.2. The van der Waals surface area contributed by atoms with E-state index in [1.165, 1.54) is 250 Å². The fourth-order valence-electron chi connectivity index (χ4n) is 9.61. The van der Waals surface area contributed by atoms with Crippen molar-refractivity contribution >= 4 is 19.8 Å². The number of carbonyl (C=O) groups is 2.